The molecule has 0 aliphatic carbocycles. The molecule has 0 unspecified atom stereocenters. The molecule has 0 saturated carbocycles. The van der Waals surface area contributed by atoms with Gasteiger partial charge < -0.3 is 29.3 Å². The van der Waals surface area contributed by atoms with E-state index >= 15 is 0 Å². The topological polar surface area (TPSA) is 147 Å². The molecule has 0 radical (unpaired) electrons. The van der Waals surface area contributed by atoms with E-state index in [1.807, 2.05) is 30.3 Å². The van der Waals surface area contributed by atoms with Crippen molar-refractivity contribution in [3.8, 4) is 23.0 Å². The lowest BCUT2D eigenvalue weighted by Crippen LogP contribution is -2.28. The normalized spacial score (nSPS) is 9.73. The van der Waals surface area contributed by atoms with Crippen LogP contribution in [0.15, 0.2) is 84.9 Å². The number of amides is 1. The van der Waals surface area contributed by atoms with Gasteiger partial charge in [0.25, 0.3) is 11.8 Å². The number of hydroxylamine groups is 3. The maximum Gasteiger partial charge on any atom is 0.303 e. The highest BCUT2D eigenvalue weighted by atomic mass is 33.5. The first kappa shape index (κ1) is 101. The van der Waals surface area contributed by atoms with Crippen LogP contribution in [0.2, 0.25) is 0 Å². The number of fused-ring (bicyclic) bond motifs is 2. The van der Waals surface area contributed by atoms with Crippen molar-refractivity contribution in [1.82, 2.24) is 10.5 Å². The van der Waals surface area contributed by atoms with Gasteiger partial charge in [-0.1, -0.05) is 60.7 Å². The van der Waals surface area contributed by atoms with Gasteiger partial charge in [-0.05, 0) is 23.3 Å². The average molecular weight is 2210 g/mol. The van der Waals surface area contributed by atoms with Gasteiger partial charge in [-0.3, -0.25) is 14.8 Å². The van der Waals surface area contributed by atoms with E-state index < -0.39 is 65.9 Å². The van der Waals surface area contributed by atoms with Crippen LogP contribution in [-0.2, 0) is 408 Å². The molecule has 102 heavy (non-hydrogen) atoms. The Morgan fingerprint density at radius 1 is 0.451 bits per heavy atom. The number of nitrogens with zero attached hydrogens (tertiary/aromatic N) is 1. The molecular formula is C42H42F6N2O9S43. The number of rotatable bonds is 16. The van der Waals surface area contributed by atoms with Gasteiger partial charge in [0.2, 0.25) is 5.91 Å². The number of carbonyl (C=O) groups is 2. The fraction of sp³-hybridized carbons (Fsp3) is 0.286. The number of carbonyl (C=O) groups excluding carboxylic acids is 1. The molecule has 0 fully saturated rings. The number of alkyl halides is 4. The third kappa shape index (κ3) is 46.1. The first-order chi connectivity index (χ1) is 49.3. The molecule has 0 bridgehead atoms. The van der Waals surface area contributed by atoms with Crippen LogP contribution in [0.1, 0.15) is 46.6 Å². The molecule has 0 aliphatic rings. The molecule has 60 heteroatoms. The van der Waals surface area contributed by atoms with Crippen molar-refractivity contribution in [3.63, 3.8) is 0 Å². The van der Waals surface area contributed by atoms with Gasteiger partial charge in [0.15, 0.2) is 34.6 Å². The number of halogens is 6. The number of carboxylic acids is 1. The Morgan fingerprint density at radius 2 is 0.735 bits per heavy atom. The second-order valence-corrected chi connectivity index (χ2v) is 83.1. The quantitative estimate of drug-likeness (QED) is 0.0414. The summed E-state index contributed by atoms with van der Waals surface area (Å²) in [6.07, 6.45) is -2.90. The van der Waals surface area contributed by atoms with E-state index in [1.54, 1.807) is 323 Å². The summed E-state index contributed by atoms with van der Waals surface area (Å²) in [5.74, 6) is -10.5. The zero-order valence-corrected chi connectivity index (χ0v) is 85.0. The highest BCUT2D eigenvalue weighted by Gasteiger charge is 2.37. The third-order valence-electron chi connectivity index (χ3n) is 9.80. The first-order valence-corrected chi connectivity index (χ1v) is 78.2. The minimum Gasteiger partial charge on any atom is -0.493 e. The molecule has 574 valence electrons. The Bertz CT molecular complexity index is 5520. The van der Waals surface area contributed by atoms with Crippen LogP contribution in [0.25, 0.3) is 20.2 Å². The van der Waals surface area contributed by atoms with Crippen LogP contribution < -0.4 is 24.4 Å². The van der Waals surface area contributed by atoms with E-state index in [-0.39, 0.29) is 54.6 Å². The number of ether oxygens (including phenoxy) is 4. The van der Waals surface area contributed by atoms with Gasteiger partial charge in [-0.2, -0.15) is 0 Å². The molecule has 4 N–H and O–H groups in total. The highest BCUT2D eigenvalue weighted by Crippen LogP contribution is 2.46. The monoisotopic (exact) mass is 2210 g/mol. The van der Waals surface area contributed by atoms with Gasteiger partial charge in [-0.15, -0.1) is 22.7 Å². The zero-order valence-electron chi connectivity index (χ0n) is 49.9. The number of aliphatic carboxylic acids is 1. The molecule has 6 rings (SSSR count). The highest BCUT2D eigenvalue weighted by molar-refractivity contribution is 8.80. The van der Waals surface area contributed by atoms with Crippen molar-refractivity contribution >= 4 is 428 Å². The molecule has 2 heterocycles. The number of carboxylic acid groups (broad SMARTS) is 1. The molecular weight excluding hydrogens is 2170 g/mol. The van der Waals surface area contributed by atoms with Gasteiger partial charge in [0.05, 0.1) is 51.2 Å². The lowest BCUT2D eigenvalue weighted by atomic mass is 10.1. The number of nitrogens with one attached hydrogen (secondary N) is 1. The molecule has 0 spiro atoms. The summed E-state index contributed by atoms with van der Waals surface area (Å²) >= 11 is 20.4. The number of benzene rings is 4. The van der Waals surface area contributed by atoms with Crippen molar-refractivity contribution in [2.24, 2.45) is 0 Å². The summed E-state index contributed by atoms with van der Waals surface area (Å²) < 4.78 is 107. The number of thiophene rings is 2. The summed E-state index contributed by atoms with van der Waals surface area (Å²) in [6, 6.07) is 23.3. The maximum atomic E-state index is 14.7. The second-order valence-electron chi connectivity index (χ2n) is 15.5. The van der Waals surface area contributed by atoms with E-state index in [0.29, 0.717) is 39.8 Å². The van der Waals surface area contributed by atoms with Crippen LogP contribution in [0.5, 0.6) is 23.0 Å². The van der Waals surface area contributed by atoms with Crippen LogP contribution in [0, 0.1) is 11.6 Å². The lowest BCUT2D eigenvalue weighted by molar-refractivity contribution is -0.169. The first-order valence-electron chi connectivity index (χ1n) is 24.6. The Hall–Kier alpha value is 3.42. The minimum atomic E-state index is -3.38. The fourth-order valence-electron chi connectivity index (χ4n) is 6.05. The van der Waals surface area contributed by atoms with Crippen LogP contribution in [-0.4, -0.2) is 60.9 Å². The molecule has 0 aliphatic heterocycles. The molecule has 0 saturated heterocycles. The Morgan fingerprint density at radius 3 is 1.00 bits per heavy atom. The molecule has 6 aromatic rings. The Balaban J connectivity index is 0.000000449. The predicted octanol–water partition coefficient (Wildman–Crippen LogP) is 10.4. The number of hydrogen-bond donors (Lipinski definition) is 4. The van der Waals surface area contributed by atoms with Crippen molar-refractivity contribution in [2.75, 3.05) is 28.4 Å². The summed E-state index contributed by atoms with van der Waals surface area (Å²) in [7, 11) is 68.6. The van der Waals surface area contributed by atoms with Gasteiger partial charge >= 0.3 is 5.97 Å². The van der Waals surface area contributed by atoms with E-state index in [9.17, 15) is 41.1 Å². The molecule has 1 amide bonds. The van der Waals surface area contributed by atoms with Crippen molar-refractivity contribution in [3.05, 3.63) is 117 Å². The summed E-state index contributed by atoms with van der Waals surface area (Å²) in [5.41, 5.74) is 3.84. The van der Waals surface area contributed by atoms with Crippen LogP contribution >= 0.6 is 22.7 Å². The lowest BCUT2D eigenvalue weighted by Gasteiger charge is -2.18. The van der Waals surface area contributed by atoms with Crippen LogP contribution in [0.3, 0.4) is 0 Å². The second kappa shape index (κ2) is 65.7. The van der Waals surface area contributed by atoms with Crippen molar-refractivity contribution in [2.45, 2.75) is 50.6 Å². The predicted molar refractivity (Wildman–Crippen MR) is 519 cm³/mol. The SMILES string of the molecule is COc1cc2sc(C(F)(F)CCC(=O)N(O)Cc3ccccc3)cc2c(F)c1OC.COc1cc2sc(C(F)(F)CCC(=O)O)cc2c(F)c1OC.ONCc1ccccc1.S=S=S=S=S=S=S=S=S=S=S=S=S=S=S=S=S=S=S.S=S=S=S=S=S=S=S=S=S=S=S=S=S=S=S=S=S=S=S=S=S. The smallest absolute Gasteiger partial charge is 0.303 e. The molecule has 11 nitrogen and oxygen atoms in total. The van der Waals surface area contributed by atoms with E-state index in [4.69, 9.17) is 74.0 Å². The maximum absolute atomic E-state index is 14.7. The minimum absolute atomic E-state index is 0.00681. The molecule has 2 aromatic heterocycles. The van der Waals surface area contributed by atoms with Crippen molar-refractivity contribution < 1.29 is 70.4 Å². The van der Waals surface area contributed by atoms with E-state index in [1.165, 1.54) is 76.1 Å². The fourth-order valence-corrected chi connectivity index (χ4v) is 98.8. The summed E-state index contributed by atoms with van der Waals surface area (Å²) in [4.78, 5) is 21.7. The largest absolute Gasteiger partial charge is 0.493 e. The van der Waals surface area contributed by atoms with E-state index in [0.717, 1.165) is 17.7 Å². The summed E-state index contributed by atoms with van der Waals surface area (Å²) in [5, 5.41) is 27.1. The third-order valence-corrected chi connectivity index (χ3v) is 90.0. The average Bonchev–Trinajstić information content (AvgIpc) is 1.63. The standard InChI is InChI=1S/C21H20F3NO4S.C14H13F3O4S.C7H9NO.S22.S19/c1-28-15-11-16-14(19(22)20(15)29-2)10-17(30-16)21(23,24)9-8-18(26)25(27)12-13-6-4-3-5-7-13;1-20-8-6-9-7(12(15)13(8)21-2)5-10(22-9)14(16,17)4-3-11(18)19;9-8-6-7-4-2-1-3-5-7;1-3-5-7-9-11-13-15-17-19-21-22-20-18-16-14-12-10-8-6-4-2;1-3-5-7-9-11-13-15-17-19-18-16-14-12-10-8-6-4-2/h3-7,10-11,27H,8-9,12H2,1-2H3;5-6H,3-4H2,1-2H3,(H,18,19);1-5,8-9H,6H2;;. The Kier molecular flexibility index (Phi) is 65.3. The van der Waals surface area contributed by atoms with Gasteiger partial charge in [-0.25, -0.2) is 36.9 Å². The van der Waals surface area contributed by atoms with Gasteiger partial charge in [0.1, 0.15) is 0 Å². The molecule has 0 atom stereocenters. The molecule has 4 aromatic carbocycles. The number of hydrogen-bond acceptors (Lipinski definition) is 15. The number of methoxy groups -OCH3 is 4. The van der Waals surface area contributed by atoms with E-state index in [2.05, 4.69) is 5.48 Å². The summed E-state index contributed by atoms with van der Waals surface area (Å²) in [6.45, 7) is 0.416. The van der Waals surface area contributed by atoms with Crippen LogP contribution in [0.4, 0.5) is 26.3 Å². The van der Waals surface area contributed by atoms with Crippen molar-refractivity contribution in [1.29, 1.82) is 0 Å². The zero-order chi connectivity index (χ0) is 75.1. The van der Waals surface area contributed by atoms with Gasteiger partial charge in [0, 0.05) is 431 Å². The Labute approximate surface area is 715 Å².